The second kappa shape index (κ2) is 7.03. The molecule has 0 atom stereocenters. The highest BCUT2D eigenvalue weighted by atomic mass is 16.4. The number of carboxylic acids is 1. The van der Waals surface area contributed by atoms with Crippen LogP contribution in [0.1, 0.15) is 27.4 Å². The Morgan fingerprint density at radius 3 is 2.67 bits per heavy atom. The van der Waals surface area contributed by atoms with E-state index in [9.17, 15) is 9.59 Å². The summed E-state index contributed by atoms with van der Waals surface area (Å²) in [6.45, 7) is 1.11. The van der Waals surface area contributed by atoms with Gasteiger partial charge in [-0.3, -0.25) is 9.78 Å². The van der Waals surface area contributed by atoms with Crippen molar-refractivity contribution >= 4 is 11.9 Å². The van der Waals surface area contributed by atoms with Crippen molar-refractivity contribution in [1.29, 1.82) is 0 Å². The van der Waals surface area contributed by atoms with Gasteiger partial charge in [0.25, 0.3) is 0 Å². The van der Waals surface area contributed by atoms with E-state index in [4.69, 9.17) is 5.11 Å². The number of aromatic carboxylic acids is 1. The number of hydrogen-bond donors (Lipinski definition) is 2. The second-order valence-corrected chi connectivity index (χ2v) is 6.46. The smallest absolute Gasteiger partial charge is 0.335 e. The van der Waals surface area contributed by atoms with E-state index in [-0.39, 0.29) is 17.9 Å². The Kier molecular flexibility index (Phi) is 4.42. The average molecular weight is 362 g/mol. The Labute approximate surface area is 155 Å². The van der Waals surface area contributed by atoms with Gasteiger partial charge in [-0.05, 0) is 24.3 Å². The van der Waals surface area contributed by atoms with Crippen LogP contribution in [0.2, 0.25) is 0 Å². The second-order valence-electron chi connectivity index (χ2n) is 6.46. The number of nitrogens with zero attached hydrogens (tertiary/aromatic N) is 3. The third kappa shape index (κ3) is 3.57. The first-order valence-electron chi connectivity index (χ1n) is 8.69. The minimum Gasteiger partial charge on any atom is -0.478 e. The van der Waals surface area contributed by atoms with E-state index in [2.05, 4.69) is 15.0 Å². The minimum atomic E-state index is -0.956. The van der Waals surface area contributed by atoms with Crippen molar-refractivity contribution in [1.82, 2.24) is 19.9 Å². The Hall–Kier alpha value is -3.48. The quantitative estimate of drug-likeness (QED) is 0.742. The van der Waals surface area contributed by atoms with Gasteiger partial charge in [0.05, 0.1) is 29.9 Å². The molecule has 2 N–H and O–H groups in total. The van der Waals surface area contributed by atoms with Gasteiger partial charge in [0.2, 0.25) is 5.91 Å². The fourth-order valence-corrected chi connectivity index (χ4v) is 3.18. The number of benzene rings is 1. The lowest BCUT2D eigenvalue weighted by Crippen LogP contribution is -2.37. The summed E-state index contributed by atoms with van der Waals surface area (Å²) in [6.07, 6.45) is 2.66. The van der Waals surface area contributed by atoms with Gasteiger partial charge in [0, 0.05) is 30.4 Å². The van der Waals surface area contributed by atoms with E-state index in [0.717, 1.165) is 22.6 Å². The van der Waals surface area contributed by atoms with Crippen molar-refractivity contribution in [3.63, 3.8) is 0 Å². The number of H-pyrrole nitrogens is 1. The van der Waals surface area contributed by atoms with Crippen molar-refractivity contribution < 1.29 is 14.7 Å². The lowest BCUT2D eigenvalue weighted by atomic mass is 10.1. The number of aromatic nitrogens is 3. The first-order chi connectivity index (χ1) is 13.1. The predicted octanol–water partition coefficient (Wildman–Crippen LogP) is 2.30. The molecule has 1 aliphatic heterocycles. The maximum atomic E-state index is 12.6. The number of amides is 1. The summed E-state index contributed by atoms with van der Waals surface area (Å²) in [7, 11) is 0. The van der Waals surface area contributed by atoms with Crippen LogP contribution in [0.25, 0.3) is 11.4 Å². The van der Waals surface area contributed by atoms with Gasteiger partial charge in [0.15, 0.2) is 0 Å². The molecule has 0 saturated heterocycles. The molecule has 0 bridgehead atoms. The molecule has 1 amide bonds. The molecule has 0 saturated carbocycles. The molecule has 7 heteroatoms. The highest BCUT2D eigenvalue weighted by Crippen LogP contribution is 2.23. The molecular formula is C20H18N4O3. The number of rotatable bonds is 4. The normalized spacial score (nSPS) is 13.3. The molecule has 0 radical (unpaired) electrons. The standard InChI is InChI=1S/C20H18N4O3/c25-18(11-15-3-1-2-9-21-15)24-10-8-16-17(12-24)23-19(22-16)13-4-6-14(7-5-13)20(26)27/h1-7,9H,8,10-12H2,(H,22,23)(H,26,27). The van der Waals surface area contributed by atoms with Gasteiger partial charge < -0.3 is 15.0 Å². The monoisotopic (exact) mass is 362 g/mol. The van der Waals surface area contributed by atoms with Gasteiger partial charge in [-0.2, -0.15) is 0 Å². The van der Waals surface area contributed by atoms with E-state index in [0.29, 0.717) is 25.3 Å². The Balaban J connectivity index is 1.49. The number of fused-ring (bicyclic) bond motifs is 1. The highest BCUT2D eigenvalue weighted by molar-refractivity contribution is 5.88. The number of aromatic amines is 1. The summed E-state index contributed by atoms with van der Waals surface area (Å²) in [5, 5.41) is 9.00. The molecule has 0 fully saturated rings. The fourth-order valence-electron chi connectivity index (χ4n) is 3.18. The van der Waals surface area contributed by atoms with Crippen molar-refractivity contribution in [2.45, 2.75) is 19.4 Å². The van der Waals surface area contributed by atoms with Gasteiger partial charge >= 0.3 is 5.97 Å². The van der Waals surface area contributed by atoms with Gasteiger partial charge in [-0.25, -0.2) is 9.78 Å². The molecule has 7 nitrogen and oxygen atoms in total. The highest BCUT2D eigenvalue weighted by Gasteiger charge is 2.24. The number of carbonyl (C=O) groups excluding carboxylic acids is 1. The first kappa shape index (κ1) is 17.0. The lowest BCUT2D eigenvalue weighted by Gasteiger charge is -2.26. The summed E-state index contributed by atoms with van der Waals surface area (Å²) in [4.78, 5) is 37.4. The molecule has 0 spiro atoms. The predicted molar refractivity (Wildman–Crippen MR) is 98.0 cm³/mol. The van der Waals surface area contributed by atoms with Gasteiger partial charge in [-0.1, -0.05) is 18.2 Å². The molecule has 136 valence electrons. The van der Waals surface area contributed by atoms with E-state index in [1.807, 2.05) is 23.1 Å². The van der Waals surface area contributed by atoms with Crippen LogP contribution >= 0.6 is 0 Å². The molecule has 3 heterocycles. The lowest BCUT2D eigenvalue weighted by molar-refractivity contribution is -0.131. The SMILES string of the molecule is O=C(O)c1ccc(-c2nc3c([nH]2)CN(C(=O)Cc2ccccn2)CC3)cc1. The van der Waals surface area contributed by atoms with Crippen LogP contribution in [0.5, 0.6) is 0 Å². The number of carboxylic acid groups (broad SMARTS) is 1. The summed E-state index contributed by atoms with van der Waals surface area (Å²) in [5.41, 5.74) is 3.70. The molecule has 0 aliphatic carbocycles. The molecule has 1 aromatic carbocycles. The summed E-state index contributed by atoms with van der Waals surface area (Å²) in [6, 6.07) is 12.1. The Bertz CT molecular complexity index is 980. The number of nitrogens with one attached hydrogen (secondary N) is 1. The van der Waals surface area contributed by atoms with Crippen LogP contribution in [0.4, 0.5) is 0 Å². The van der Waals surface area contributed by atoms with E-state index in [1.165, 1.54) is 0 Å². The molecule has 1 aliphatic rings. The average Bonchev–Trinajstić information content (AvgIpc) is 3.12. The van der Waals surface area contributed by atoms with Crippen LogP contribution in [0, 0.1) is 0 Å². The molecule has 0 unspecified atom stereocenters. The largest absolute Gasteiger partial charge is 0.478 e. The summed E-state index contributed by atoms with van der Waals surface area (Å²) in [5.74, 6) is -0.223. The first-order valence-corrected chi connectivity index (χ1v) is 8.69. The molecule has 2 aromatic heterocycles. The number of carbonyl (C=O) groups is 2. The Morgan fingerprint density at radius 1 is 1.15 bits per heavy atom. The van der Waals surface area contributed by atoms with Crippen LogP contribution in [-0.4, -0.2) is 43.4 Å². The zero-order valence-electron chi connectivity index (χ0n) is 14.6. The molecule has 4 rings (SSSR count). The van der Waals surface area contributed by atoms with Gasteiger partial charge in [-0.15, -0.1) is 0 Å². The molecule has 27 heavy (non-hydrogen) atoms. The maximum absolute atomic E-state index is 12.6. The molecular weight excluding hydrogens is 344 g/mol. The van der Waals surface area contributed by atoms with Gasteiger partial charge in [0.1, 0.15) is 5.82 Å². The molecule has 3 aromatic rings. The number of hydrogen-bond acceptors (Lipinski definition) is 4. The van der Waals surface area contributed by atoms with E-state index >= 15 is 0 Å². The van der Waals surface area contributed by atoms with Crippen LogP contribution in [0.15, 0.2) is 48.7 Å². The van der Waals surface area contributed by atoms with Crippen molar-refractivity contribution in [3.8, 4) is 11.4 Å². The summed E-state index contributed by atoms with van der Waals surface area (Å²) < 4.78 is 0. The zero-order valence-corrected chi connectivity index (χ0v) is 14.6. The van der Waals surface area contributed by atoms with Crippen LogP contribution in [0.3, 0.4) is 0 Å². The maximum Gasteiger partial charge on any atom is 0.335 e. The van der Waals surface area contributed by atoms with Crippen LogP contribution < -0.4 is 0 Å². The van der Waals surface area contributed by atoms with E-state index in [1.54, 1.807) is 30.5 Å². The van der Waals surface area contributed by atoms with Crippen molar-refractivity contribution in [2.75, 3.05) is 6.54 Å². The topological polar surface area (TPSA) is 99.2 Å². The van der Waals surface area contributed by atoms with Crippen molar-refractivity contribution in [2.24, 2.45) is 0 Å². The van der Waals surface area contributed by atoms with Crippen LogP contribution in [-0.2, 0) is 24.2 Å². The number of pyridine rings is 1. The third-order valence-electron chi connectivity index (χ3n) is 4.65. The number of imidazole rings is 1. The minimum absolute atomic E-state index is 0.0429. The summed E-state index contributed by atoms with van der Waals surface area (Å²) >= 11 is 0. The zero-order chi connectivity index (χ0) is 18.8. The van der Waals surface area contributed by atoms with Crippen molar-refractivity contribution in [3.05, 3.63) is 71.3 Å². The Morgan fingerprint density at radius 2 is 1.96 bits per heavy atom. The fraction of sp³-hybridized carbons (Fsp3) is 0.200. The third-order valence-corrected chi connectivity index (χ3v) is 4.65. The van der Waals surface area contributed by atoms with E-state index < -0.39 is 5.97 Å².